The van der Waals surface area contributed by atoms with E-state index in [0.29, 0.717) is 29.9 Å². The molecule has 1 fully saturated rings. The molecule has 106 valence electrons. The smallest absolute Gasteiger partial charge is 0.312 e. The van der Waals surface area contributed by atoms with Crippen molar-refractivity contribution in [2.75, 3.05) is 6.54 Å². The zero-order valence-corrected chi connectivity index (χ0v) is 11.5. The molecule has 1 aromatic heterocycles. The molecule has 1 heterocycles. The van der Waals surface area contributed by atoms with Gasteiger partial charge in [-0.05, 0) is 26.2 Å². The van der Waals surface area contributed by atoms with Crippen molar-refractivity contribution in [3.05, 3.63) is 21.5 Å². The summed E-state index contributed by atoms with van der Waals surface area (Å²) in [5.74, 6) is 0.682. The number of nitro groups is 1. The molecule has 0 bridgehead atoms. The number of nitrogens with zero attached hydrogens (tertiary/aromatic N) is 3. The summed E-state index contributed by atoms with van der Waals surface area (Å²) in [6, 6.07) is 0.504. The third-order valence-corrected chi connectivity index (χ3v) is 3.63. The Balaban J connectivity index is 1.94. The summed E-state index contributed by atoms with van der Waals surface area (Å²) in [5.41, 5.74) is 0.913. The molecule has 0 aliphatic heterocycles. The van der Waals surface area contributed by atoms with E-state index in [9.17, 15) is 15.2 Å². The van der Waals surface area contributed by atoms with Crippen molar-refractivity contribution in [2.24, 2.45) is 5.92 Å². The van der Waals surface area contributed by atoms with Gasteiger partial charge in [-0.15, -0.1) is 0 Å². The van der Waals surface area contributed by atoms with Gasteiger partial charge in [-0.2, -0.15) is 5.10 Å². The number of hydrogen-bond donors (Lipinski definition) is 2. The fraction of sp³-hybridized carbons (Fsp3) is 0.750. The lowest BCUT2D eigenvalue weighted by atomic mass is 10.3. The number of rotatable bonds is 6. The van der Waals surface area contributed by atoms with Crippen LogP contribution in [0.3, 0.4) is 0 Å². The maximum Gasteiger partial charge on any atom is 0.312 e. The van der Waals surface area contributed by atoms with Crippen molar-refractivity contribution >= 4 is 5.69 Å². The van der Waals surface area contributed by atoms with E-state index in [4.69, 9.17) is 0 Å². The number of nitrogens with one attached hydrogen (secondary N) is 1. The third kappa shape index (κ3) is 3.10. The van der Waals surface area contributed by atoms with Crippen LogP contribution in [0.1, 0.15) is 24.7 Å². The first-order valence-electron chi connectivity index (χ1n) is 6.50. The minimum atomic E-state index is -0.592. The van der Waals surface area contributed by atoms with Crippen molar-refractivity contribution in [3.8, 4) is 0 Å². The van der Waals surface area contributed by atoms with Crippen molar-refractivity contribution in [1.82, 2.24) is 15.1 Å². The molecule has 3 atom stereocenters. The first kappa shape index (κ1) is 14.0. The van der Waals surface area contributed by atoms with Gasteiger partial charge >= 0.3 is 5.69 Å². The van der Waals surface area contributed by atoms with E-state index in [2.05, 4.69) is 17.3 Å². The summed E-state index contributed by atoms with van der Waals surface area (Å²) >= 11 is 0. The molecule has 7 nitrogen and oxygen atoms in total. The number of aromatic nitrogens is 2. The van der Waals surface area contributed by atoms with Gasteiger partial charge in [0.1, 0.15) is 11.4 Å². The fourth-order valence-electron chi connectivity index (χ4n) is 2.29. The average Bonchev–Trinajstić information content (AvgIpc) is 2.93. The molecule has 0 amide bonds. The Morgan fingerprint density at radius 2 is 2.26 bits per heavy atom. The highest BCUT2D eigenvalue weighted by Crippen LogP contribution is 2.28. The maximum absolute atomic E-state index is 10.9. The van der Waals surface area contributed by atoms with Crippen LogP contribution in [0, 0.1) is 29.9 Å². The summed E-state index contributed by atoms with van der Waals surface area (Å²) in [6.45, 7) is 6.18. The predicted octanol–water partition coefficient (Wildman–Crippen LogP) is 0.767. The van der Waals surface area contributed by atoms with Crippen LogP contribution >= 0.6 is 0 Å². The highest BCUT2D eigenvalue weighted by Gasteiger charge is 2.32. The van der Waals surface area contributed by atoms with Gasteiger partial charge in [0.05, 0.1) is 17.6 Å². The minimum Gasteiger partial charge on any atom is -0.390 e. The number of aliphatic hydroxyl groups excluding tert-OH is 1. The molecule has 2 rings (SSSR count). The molecule has 1 aromatic rings. The standard InChI is InChI=1S/C12H20N4O3/c1-7-4-11(7)13-5-10(17)6-15-9(3)12(16(18)19)8(2)14-15/h7,10-11,13,17H,4-6H2,1-3H3. The van der Waals surface area contributed by atoms with Crippen LogP contribution in [0.15, 0.2) is 0 Å². The van der Waals surface area contributed by atoms with Crippen LogP contribution in [0.2, 0.25) is 0 Å². The molecule has 0 aromatic carbocycles. The van der Waals surface area contributed by atoms with Crippen molar-refractivity contribution in [2.45, 2.75) is 45.9 Å². The molecular weight excluding hydrogens is 248 g/mol. The van der Waals surface area contributed by atoms with Crippen LogP contribution in [-0.2, 0) is 6.54 Å². The largest absolute Gasteiger partial charge is 0.390 e. The second-order valence-corrected chi connectivity index (χ2v) is 5.34. The maximum atomic E-state index is 10.9. The molecule has 1 saturated carbocycles. The molecule has 0 saturated heterocycles. The van der Waals surface area contributed by atoms with E-state index in [-0.39, 0.29) is 12.2 Å². The van der Waals surface area contributed by atoms with Crippen LogP contribution in [0.4, 0.5) is 5.69 Å². The van der Waals surface area contributed by atoms with Crippen molar-refractivity contribution < 1.29 is 10.0 Å². The first-order chi connectivity index (χ1) is 8.90. The Kier molecular flexibility index (Phi) is 3.86. The van der Waals surface area contributed by atoms with E-state index < -0.39 is 11.0 Å². The zero-order valence-electron chi connectivity index (χ0n) is 11.5. The summed E-state index contributed by atoms with van der Waals surface area (Å²) in [5, 5.41) is 28.2. The average molecular weight is 268 g/mol. The van der Waals surface area contributed by atoms with Gasteiger partial charge in [0.2, 0.25) is 0 Å². The number of aryl methyl sites for hydroxylation is 1. The Bertz CT molecular complexity index is 486. The highest BCUT2D eigenvalue weighted by atomic mass is 16.6. The van der Waals surface area contributed by atoms with Gasteiger partial charge in [0, 0.05) is 12.6 Å². The van der Waals surface area contributed by atoms with E-state index in [0.717, 1.165) is 6.42 Å². The Labute approximate surface area is 111 Å². The Morgan fingerprint density at radius 3 is 2.74 bits per heavy atom. The second kappa shape index (κ2) is 5.26. The van der Waals surface area contributed by atoms with E-state index >= 15 is 0 Å². The van der Waals surface area contributed by atoms with Gasteiger partial charge in [-0.25, -0.2) is 0 Å². The fourth-order valence-corrected chi connectivity index (χ4v) is 2.29. The van der Waals surface area contributed by atoms with Gasteiger partial charge in [-0.3, -0.25) is 14.8 Å². The summed E-state index contributed by atoms with van der Waals surface area (Å²) < 4.78 is 1.51. The number of hydrogen-bond acceptors (Lipinski definition) is 5. The highest BCUT2D eigenvalue weighted by molar-refractivity contribution is 5.39. The van der Waals surface area contributed by atoms with E-state index in [1.54, 1.807) is 13.8 Å². The van der Waals surface area contributed by atoms with Crippen molar-refractivity contribution in [3.63, 3.8) is 0 Å². The molecule has 1 aliphatic carbocycles. The monoisotopic (exact) mass is 268 g/mol. The summed E-state index contributed by atoms with van der Waals surface area (Å²) in [4.78, 5) is 10.5. The molecule has 2 N–H and O–H groups in total. The molecule has 0 spiro atoms. The normalized spacial score (nSPS) is 23.4. The van der Waals surface area contributed by atoms with Crippen LogP contribution in [0.5, 0.6) is 0 Å². The van der Waals surface area contributed by atoms with Crippen LogP contribution < -0.4 is 5.32 Å². The Morgan fingerprint density at radius 1 is 1.63 bits per heavy atom. The number of aliphatic hydroxyl groups is 1. The zero-order chi connectivity index (χ0) is 14.2. The van der Waals surface area contributed by atoms with Crippen LogP contribution in [-0.4, -0.2) is 38.5 Å². The lowest BCUT2D eigenvalue weighted by Crippen LogP contribution is -2.32. The third-order valence-electron chi connectivity index (χ3n) is 3.63. The predicted molar refractivity (Wildman–Crippen MR) is 69.9 cm³/mol. The van der Waals surface area contributed by atoms with E-state index in [1.165, 1.54) is 4.68 Å². The topological polar surface area (TPSA) is 93.2 Å². The molecule has 19 heavy (non-hydrogen) atoms. The van der Waals surface area contributed by atoms with E-state index in [1.807, 2.05) is 0 Å². The Hall–Kier alpha value is -1.47. The molecule has 3 unspecified atom stereocenters. The van der Waals surface area contributed by atoms with Gasteiger partial charge in [0.25, 0.3) is 0 Å². The van der Waals surface area contributed by atoms with Crippen LogP contribution in [0.25, 0.3) is 0 Å². The van der Waals surface area contributed by atoms with Crippen molar-refractivity contribution in [1.29, 1.82) is 0 Å². The lowest BCUT2D eigenvalue weighted by molar-refractivity contribution is -0.386. The molecule has 7 heteroatoms. The lowest BCUT2D eigenvalue weighted by Gasteiger charge is -2.12. The summed E-state index contributed by atoms with van der Waals surface area (Å²) in [7, 11) is 0. The molecule has 1 aliphatic rings. The van der Waals surface area contributed by atoms with Gasteiger partial charge in [-0.1, -0.05) is 6.92 Å². The summed E-state index contributed by atoms with van der Waals surface area (Å²) in [6.07, 6.45) is 0.559. The minimum absolute atomic E-state index is 0.0379. The quantitative estimate of drug-likeness (QED) is 0.587. The molecular formula is C12H20N4O3. The molecule has 0 radical (unpaired) electrons. The second-order valence-electron chi connectivity index (χ2n) is 5.34. The first-order valence-corrected chi connectivity index (χ1v) is 6.50. The SMILES string of the molecule is Cc1nn(CC(O)CNC2CC2C)c(C)c1[N+](=O)[O-]. The van der Waals surface area contributed by atoms with Gasteiger partial charge < -0.3 is 10.4 Å². The van der Waals surface area contributed by atoms with Gasteiger partial charge in [0.15, 0.2) is 0 Å².